The second-order valence-corrected chi connectivity index (χ2v) is 8.50. The molecule has 0 amide bonds. The van der Waals surface area contributed by atoms with E-state index < -0.39 is 17.6 Å². The fraction of sp³-hybridized carbons (Fsp3) is 0.261. The molecule has 3 aromatic heterocycles. The number of thiophene rings is 1. The van der Waals surface area contributed by atoms with Gasteiger partial charge in [0, 0.05) is 36.3 Å². The lowest BCUT2D eigenvalue weighted by Gasteiger charge is -2.11. The largest absolute Gasteiger partial charge is 0.492 e. The third-order valence-electron chi connectivity index (χ3n) is 5.24. The molecule has 2 N–H and O–H groups in total. The van der Waals surface area contributed by atoms with Crippen LogP contribution in [0.1, 0.15) is 27.9 Å². The molecule has 0 bridgehead atoms. The topological polar surface area (TPSA) is 89.3 Å². The maximum atomic E-state index is 14.5. The van der Waals surface area contributed by atoms with Crippen LogP contribution in [0.15, 0.2) is 30.6 Å². The molecule has 0 aliphatic carbocycles. The monoisotopic (exact) mass is 472 g/mol. The number of hydrogen-bond donors (Lipinski definition) is 2. The number of hydrogen-bond acceptors (Lipinski definition) is 6. The predicted octanol–water partition coefficient (Wildman–Crippen LogP) is 5.26. The molecule has 7 nitrogen and oxygen atoms in total. The number of carboxylic acid groups (broad SMARTS) is 1. The van der Waals surface area contributed by atoms with Crippen molar-refractivity contribution >= 4 is 34.0 Å². The molecule has 4 aromatic rings. The van der Waals surface area contributed by atoms with Gasteiger partial charge in [-0.25, -0.2) is 23.5 Å². The van der Waals surface area contributed by atoms with Crippen LogP contribution in [-0.2, 0) is 6.54 Å². The molecule has 0 spiro atoms. The zero-order valence-corrected chi connectivity index (χ0v) is 19.1. The zero-order chi connectivity index (χ0) is 23.7. The molecule has 0 saturated heterocycles. The van der Waals surface area contributed by atoms with Crippen molar-refractivity contribution in [2.75, 3.05) is 18.5 Å². The van der Waals surface area contributed by atoms with Crippen molar-refractivity contribution in [2.45, 2.75) is 27.3 Å². The van der Waals surface area contributed by atoms with Gasteiger partial charge in [0.2, 0.25) is 0 Å². The molecule has 10 heteroatoms. The van der Waals surface area contributed by atoms with Gasteiger partial charge in [-0.2, -0.15) is 0 Å². The van der Waals surface area contributed by atoms with E-state index in [1.165, 1.54) is 12.4 Å². The van der Waals surface area contributed by atoms with Crippen LogP contribution in [0, 0.1) is 25.5 Å². The first-order valence-corrected chi connectivity index (χ1v) is 11.1. The summed E-state index contributed by atoms with van der Waals surface area (Å²) in [5.74, 6) is -1.95. The number of carboxylic acids is 1. The lowest BCUT2D eigenvalue weighted by Crippen LogP contribution is -2.13. The highest BCUT2D eigenvalue weighted by Crippen LogP contribution is 2.36. The number of aryl methyl sites for hydroxylation is 2. The minimum atomic E-state index is -1.06. The lowest BCUT2D eigenvalue weighted by molar-refractivity contribution is 0.0698. The molecule has 33 heavy (non-hydrogen) atoms. The van der Waals surface area contributed by atoms with Crippen LogP contribution in [0.5, 0.6) is 5.75 Å². The molecule has 0 saturated carbocycles. The van der Waals surface area contributed by atoms with E-state index in [-0.39, 0.29) is 10.4 Å². The molecular weight excluding hydrogens is 450 g/mol. The number of nitrogens with zero attached hydrogens (tertiary/aromatic N) is 3. The molecular formula is C23H22F2N4O3S. The molecule has 0 aliphatic heterocycles. The van der Waals surface area contributed by atoms with Gasteiger partial charge in [0.25, 0.3) is 0 Å². The number of rotatable bonds is 8. The number of ether oxygens (including phenoxy) is 1. The third kappa shape index (κ3) is 4.38. The number of halogens is 2. The number of aromatic nitrogens is 3. The minimum absolute atomic E-state index is 0.111. The Balaban J connectivity index is 1.54. The quantitative estimate of drug-likeness (QED) is 0.363. The highest BCUT2D eigenvalue weighted by molar-refractivity contribution is 7.17. The van der Waals surface area contributed by atoms with E-state index in [0.29, 0.717) is 52.8 Å². The number of benzene rings is 1. The van der Waals surface area contributed by atoms with E-state index >= 15 is 0 Å². The van der Waals surface area contributed by atoms with Crippen LogP contribution < -0.4 is 10.1 Å². The molecule has 4 rings (SSSR count). The molecule has 0 aliphatic rings. The normalized spacial score (nSPS) is 11.2. The van der Waals surface area contributed by atoms with Crippen molar-refractivity contribution in [3.63, 3.8) is 0 Å². The van der Waals surface area contributed by atoms with Gasteiger partial charge in [-0.1, -0.05) is 0 Å². The van der Waals surface area contributed by atoms with Gasteiger partial charge in [-0.3, -0.25) is 0 Å². The Labute approximate surface area is 192 Å². The van der Waals surface area contributed by atoms with Crippen LogP contribution >= 0.6 is 11.3 Å². The summed E-state index contributed by atoms with van der Waals surface area (Å²) < 4.78 is 35.6. The highest BCUT2D eigenvalue weighted by Gasteiger charge is 2.19. The first-order chi connectivity index (χ1) is 15.8. The van der Waals surface area contributed by atoms with Crippen molar-refractivity contribution in [1.29, 1.82) is 0 Å². The summed E-state index contributed by atoms with van der Waals surface area (Å²) in [6.07, 6.45) is 1.38. The molecule has 0 radical (unpaired) electrons. The van der Waals surface area contributed by atoms with Crippen LogP contribution in [0.4, 0.5) is 14.6 Å². The van der Waals surface area contributed by atoms with E-state index in [1.807, 2.05) is 13.0 Å². The van der Waals surface area contributed by atoms with Crippen molar-refractivity contribution in [3.05, 3.63) is 58.4 Å². The standard InChI is InChI=1S/C23H22F2N4O3S/c1-4-32-17-10-18(33-22(17)23(30)31)16-9-19(28-11-27-16)26-5-6-29-13(3)8-14-12(2)7-15(24)20(25)21(14)29/h7-11H,4-6H2,1-3H3,(H,30,31)(H,26,27,28). The summed E-state index contributed by atoms with van der Waals surface area (Å²) in [6.45, 7) is 6.55. The Hall–Kier alpha value is -3.53. The molecule has 3 heterocycles. The Morgan fingerprint density at radius 3 is 2.73 bits per heavy atom. The van der Waals surface area contributed by atoms with Gasteiger partial charge in [-0.15, -0.1) is 11.3 Å². The number of anilines is 1. The van der Waals surface area contributed by atoms with E-state index in [9.17, 15) is 18.7 Å². The Morgan fingerprint density at radius 1 is 1.21 bits per heavy atom. The third-order valence-corrected chi connectivity index (χ3v) is 6.37. The van der Waals surface area contributed by atoms with E-state index in [4.69, 9.17) is 4.74 Å². The van der Waals surface area contributed by atoms with Crippen molar-refractivity contribution < 1.29 is 23.4 Å². The highest BCUT2D eigenvalue weighted by atomic mass is 32.1. The predicted molar refractivity (Wildman–Crippen MR) is 123 cm³/mol. The van der Waals surface area contributed by atoms with E-state index in [2.05, 4.69) is 15.3 Å². The Morgan fingerprint density at radius 2 is 2.00 bits per heavy atom. The summed E-state index contributed by atoms with van der Waals surface area (Å²) in [5, 5.41) is 13.3. The van der Waals surface area contributed by atoms with Crippen molar-refractivity contribution in [2.24, 2.45) is 0 Å². The number of fused-ring (bicyclic) bond motifs is 1. The van der Waals surface area contributed by atoms with Gasteiger partial charge >= 0.3 is 5.97 Å². The molecule has 0 unspecified atom stereocenters. The summed E-state index contributed by atoms with van der Waals surface area (Å²) in [6, 6.07) is 6.42. The minimum Gasteiger partial charge on any atom is -0.492 e. The molecule has 1 aromatic carbocycles. The first-order valence-electron chi connectivity index (χ1n) is 10.3. The number of aromatic carboxylic acids is 1. The SMILES string of the molecule is CCOc1cc(-c2cc(NCCn3c(C)cc4c(C)cc(F)c(F)c43)ncn2)sc1C(=O)O. The van der Waals surface area contributed by atoms with E-state index in [1.54, 1.807) is 30.5 Å². The van der Waals surface area contributed by atoms with Crippen LogP contribution in [0.25, 0.3) is 21.5 Å². The average molecular weight is 473 g/mol. The Kier molecular flexibility index (Phi) is 6.28. The van der Waals surface area contributed by atoms with Gasteiger partial charge < -0.3 is 19.7 Å². The second-order valence-electron chi connectivity index (χ2n) is 7.45. The summed E-state index contributed by atoms with van der Waals surface area (Å²) in [4.78, 5) is 20.7. The smallest absolute Gasteiger partial charge is 0.349 e. The van der Waals surface area contributed by atoms with Gasteiger partial charge in [-0.05, 0) is 38.5 Å². The Bertz CT molecular complexity index is 1350. The fourth-order valence-electron chi connectivity index (χ4n) is 3.74. The van der Waals surface area contributed by atoms with Gasteiger partial charge in [0.05, 0.1) is 22.7 Å². The number of carbonyl (C=O) groups is 1. The van der Waals surface area contributed by atoms with E-state index in [0.717, 1.165) is 17.0 Å². The summed E-state index contributed by atoms with van der Waals surface area (Å²) >= 11 is 1.07. The molecule has 0 atom stereocenters. The zero-order valence-electron chi connectivity index (χ0n) is 18.3. The van der Waals surface area contributed by atoms with Crippen LogP contribution in [0.3, 0.4) is 0 Å². The van der Waals surface area contributed by atoms with Gasteiger partial charge in [0.15, 0.2) is 16.5 Å². The summed E-state index contributed by atoms with van der Waals surface area (Å²) in [5.41, 5.74) is 2.31. The lowest BCUT2D eigenvalue weighted by atomic mass is 10.1. The maximum absolute atomic E-state index is 14.5. The molecule has 172 valence electrons. The molecule has 0 fully saturated rings. The van der Waals surface area contributed by atoms with Gasteiger partial charge in [0.1, 0.15) is 17.9 Å². The van der Waals surface area contributed by atoms with Crippen molar-refractivity contribution in [3.8, 4) is 16.3 Å². The number of nitrogens with one attached hydrogen (secondary N) is 1. The summed E-state index contributed by atoms with van der Waals surface area (Å²) in [7, 11) is 0. The fourth-order valence-corrected chi connectivity index (χ4v) is 4.65. The first kappa shape index (κ1) is 22.7. The van der Waals surface area contributed by atoms with Crippen LogP contribution in [-0.4, -0.2) is 38.8 Å². The van der Waals surface area contributed by atoms with Crippen molar-refractivity contribution in [1.82, 2.24) is 14.5 Å². The van der Waals surface area contributed by atoms with Crippen LogP contribution in [0.2, 0.25) is 0 Å². The maximum Gasteiger partial charge on any atom is 0.349 e. The second kappa shape index (κ2) is 9.14. The average Bonchev–Trinajstić information content (AvgIpc) is 3.35.